The van der Waals surface area contributed by atoms with E-state index in [1.54, 1.807) is 0 Å². The second-order valence-corrected chi connectivity index (χ2v) is 9.35. The van der Waals surface area contributed by atoms with Crippen molar-refractivity contribution >= 4 is 41.8 Å². The highest BCUT2D eigenvalue weighted by molar-refractivity contribution is 5.97. The second-order valence-electron chi connectivity index (χ2n) is 9.35. The number of piperidine rings is 1. The molecule has 1 aliphatic heterocycles. The molecule has 0 bridgehead atoms. The van der Waals surface area contributed by atoms with Crippen LogP contribution in [-0.2, 0) is 11.3 Å². The Kier molecular flexibility index (Phi) is 6.52. The first-order valence-corrected chi connectivity index (χ1v) is 11.4. The van der Waals surface area contributed by atoms with Crippen LogP contribution in [0.1, 0.15) is 54.4 Å². The summed E-state index contributed by atoms with van der Waals surface area (Å²) in [5.41, 5.74) is 5.26. The summed E-state index contributed by atoms with van der Waals surface area (Å²) in [5.74, 6) is -4.17. The van der Waals surface area contributed by atoms with Crippen LogP contribution in [0.3, 0.4) is 0 Å². The highest BCUT2D eigenvalue weighted by Crippen LogP contribution is 2.35. The summed E-state index contributed by atoms with van der Waals surface area (Å²) >= 11 is 0. The van der Waals surface area contributed by atoms with E-state index in [2.05, 4.69) is 10.4 Å². The molecular weight excluding hydrogens is 486 g/mol. The SMILES string of the molecule is Cl.Nc1nn2c(=O)c(C(=O)NC3CC3)c(O)n(CC3CC3)c2c1/C=C/C(=O)N1CCC(F)(F)CC1. The molecule has 2 saturated carbocycles. The number of carbonyl (C=O) groups excluding carboxylic acids is 2. The van der Waals surface area contributed by atoms with Gasteiger partial charge in [0, 0.05) is 44.6 Å². The molecule has 0 atom stereocenters. The molecule has 3 aliphatic rings. The molecule has 0 radical (unpaired) electrons. The van der Waals surface area contributed by atoms with Gasteiger partial charge >= 0.3 is 0 Å². The van der Waals surface area contributed by atoms with Gasteiger partial charge in [-0.15, -0.1) is 17.5 Å². The summed E-state index contributed by atoms with van der Waals surface area (Å²) in [6.45, 7) is 0.223. The maximum Gasteiger partial charge on any atom is 0.291 e. The molecule has 0 unspecified atom stereocenters. The average Bonchev–Trinajstić information content (AvgIpc) is 3.70. The Morgan fingerprint density at radius 3 is 2.46 bits per heavy atom. The predicted octanol–water partition coefficient (Wildman–Crippen LogP) is 1.78. The number of anilines is 1. The molecule has 0 spiro atoms. The summed E-state index contributed by atoms with van der Waals surface area (Å²) < 4.78 is 29.2. The number of nitrogens with two attached hydrogens (primary N) is 1. The third-order valence-corrected chi connectivity index (χ3v) is 6.54. The number of amides is 2. The monoisotopic (exact) mass is 512 g/mol. The lowest BCUT2D eigenvalue weighted by Gasteiger charge is -2.30. The number of nitrogen functional groups attached to an aromatic ring is 1. The topological polar surface area (TPSA) is 135 Å². The van der Waals surface area contributed by atoms with Crippen LogP contribution in [0.2, 0.25) is 0 Å². The number of likely N-dealkylation sites (tertiary alicyclic amines) is 1. The quantitative estimate of drug-likeness (QED) is 0.505. The van der Waals surface area contributed by atoms with E-state index in [1.165, 1.54) is 21.6 Å². The van der Waals surface area contributed by atoms with Crippen LogP contribution in [0, 0.1) is 5.92 Å². The van der Waals surface area contributed by atoms with Gasteiger partial charge in [-0.3, -0.25) is 19.0 Å². The largest absolute Gasteiger partial charge is 0.494 e. The second kappa shape index (κ2) is 9.14. The number of halogens is 3. The van der Waals surface area contributed by atoms with Crippen molar-refractivity contribution in [3.8, 4) is 5.88 Å². The molecule has 2 aromatic heterocycles. The molecule has 190 valence electrons. The summed E-state index contributed by atoms with van der Waals surface area (Å²) in [4.78, 5) is 39.7. The molecule has 5 rings (SSSR count). The highest BCUT2D eigenvalue weighted by Gasteiger charge is 2.35. The minimum absolute atomic E-state index is 0. The molecular formula is C22H27ClF2N6O4. The van der Waals surface area contributed by atoms with Crippen LogP contribution in [0.15, 0.2) is 10.9 Å². The Morgan fingerprint density at radius 2 is 1.86 bits per heavy atom. The van der Waals surface area contributed by atoms with E-state index in [0.717, 1.165) is 30.2 Å². The number of aromatic hydroxyl groups is 1. The van der Waals surface area contributed by atoms with E-state index in [1.807, 2.05) is 0 Å². The van der Waals surface area contributed by atoms with Crippen LogP contribution in [-0.4, -0.2) is 61.1 Å². The van der Waals surface area contributed by atoms with Crippen molar-refractivity contribution in [2.24, 2.45) is 5.92 Å². The van der Waals surface area contributed by atoms with Crippen molar-refractivity contribution in [2.75, 3.05) is 18.8 Å². The third-order valence-electron chi connectivity index (χ3n) is 6.54. The Morgan fingerprint density at radius 1 is 1.20 bits per heavy atom. The number of rotatable bonds is 6. The van der Waals surface area contributed by atoms with Gasteiger partial charge < -0.3 is 21.1 Å². The Hall–Kier alpha value is -3.15. The first-order valence-electron chi connectivity index (χ1n) is 11.4. The number of nitrogens with zero attached hydrogens (tertiary/aromatic N) is 4. The lowest BCUT2D eigenvalue weighted by atomic mass is 10.1. The molecule has 2 amide bonds. The zero-order valence-corrected chi connectivity index (χ0v) is 19.7. The molecule has 3 fully saturated rings. The molecule has 1 saturated heterocycles. The lowest BCUT2D eigenvalue weighted by Crippen LogP contribution is -2.42. The minimum Gasteiger partial charge on any atom is -0.494 e. The van der Waals surface area contributed by atoms with Crippen molar-refractivity contribution in [1.82, 2.24) is 24.4 Å². The van der Waals surface area contributed by atoms with Gasteiger partial charge in [-0.1, -0.05) is 0 Å². The molecule has 13 heteroatoms. The zero-order chi connectivity index (χ0) is 24.2. The third kappa shape index (κ3) is 4.97. The highest BCUT2D eigenvalue weighted by atomic mass is 35.5. The minimum atomic E-state index is -2.77. The number of hydrogen-bond donors (Lipinski definition) is 3. The van der Waals surface area contributed by atoms with Crippen molar-refractivity contribution in [2.45, 2.75) is 57.0 Å². The zero-order valence-electron chi connectivity index (χ0n) is 18.9. The van der Waals surface area contributed by atoms with Crippen LogP contribution >= 0.6 is 12.4 Å². The van der Waals surface area contributed by atoms with Crippen molar-refractivity contribution in [3.63, 3.8) is 0 Å². The lowest BCUT2D eigenvalue weighted by molar-refractivity contribution is -0.132. The van der Waals surface area contributed by atoms with Gasteiger partial charge in [0.1, 0.15) is 0 Å². The summed E-state index contributed by atoms with van der Waals surface area (Å²) in [6.07, 6.45) is 5.29. The van der Waals surface area contributed by atoms with E-state index in [-0.39, 0.29) is 54.5 Å². The fraction of sp³-hybridized carbons (Fsp3) is 0.545. The Balaban J connectivity index is 0.00000289. The van der Waals surface area contributed by atoms with Gasteiger partial charge in [0.25, 0.3) is 17.4 Å². The number of nitrogens with one attached hydrogen (secondary N) is 1. The van der Waals surface area contributed by atoms with Crippen LogP contribution in [0.25, 0.3) is 11.7 Å². The molecule has 2 aliphatic carbocycles. The van der Waals surface area contributed by atoms with Gasteiger partial charge in [0.2, 0.25) is 11.8 Å². The van der Waals surface area contributed by atoms with E-state index in [9.17, 15) is 28.3 Å². The van der Waals surface area contributed by atoms with Crippen LogP contribution in [0.4, 0.5) is 14.6 Å². The standard InChI is InChI=1S/C22H26F2N6O4.ClH/c23-22(24)7-9-28(10-8-22)15(31)6-5-14-17(25)27-30-19(14)29(11-12-1-2-12)20(33)16(21(30)34)18(32)26-13-3-4-13;/h5-6,12-13,33H,1-4,7-11H2,(H2,25,27)(H,26,32);1H/b6-5+;. The maximum absolute atomic E-state index is 13.4. The van der Waals surface area contributed by atoms with E-state index < -0.39 is 47.6 Å². The van der Waals surface area contributed by atoms with Gasteiger partial charge in [0.15, 0.2) is 17.0 Å². The van der Waals surface area contributed by atoms with E-state index >= 15 is 0 Å². The molecule has 4 N–H and O–H groups in total. The van der Waals surface area contributed by atoms with Crippen molar-refractivity contribution in [1.29, 1.82) is 0 Å². The smallest absolute Gasteiger partial charge is 0.291 e. The molecule has 10 nitrogen and oxygen atoms in total. The molecule has 35 heavy (non-hydrogen) atoms. The molecule has 0 aromatic carbocycles. The fourth-order valence-corrected chi connectivity index (χ4v) is 4.17. The Bertz CT molecular complexity index is 1260. The summed E-state index contributed by atoms with van der Waals surface area (Å²) in [7, 11) is 0. The number of hydrogen-bond acceptors (Lipinski definition) is 6. The summed E-state index contributed by atoms with van der Waals surface area (Å²) in [6, 6.07) is -0.0131. The molecule has 3 heterocycles. The first kappa shape index (κ1) is 25.0. The number of alkyl halides is 2. The summed E-state index contributed by atoms with van der Waals surface area (Å²) in [5, 5.41) is 17.8. The van der Waals surface area contributed by atoms with Gasteiger partial charge in [-0.2, -0.15) is 4.52 Å². The van der Waals surface area contributed by atoms with E-state index in [0.29, 0.717) is 6.54 Å². The normalized spacial score (nSPS) is 19.7. The van der Waals surface area contributed by atoms with Crippen molar-refractivity contribution in [3.05, 3.63) is 27.6 Å². The maximum atomic E-state index is 13.4. The average molecular weight is 513 g/mol. The van der Waals surface area contributed by atoms with Crippen LogP contribution < -0.4 is 16.6 Å². The Labute approximate surface area is 205 Å². The van der Waals surface area contributed by atoms with Crippen molar-refractivity contribution < 1.29 is 23.5 Å². The molecule has 2 aromatic rings. The number of carbonyl (C=O) groups is 2. The van der Waals surface area contributed by atoms with Gasteiger partial charge in [-0.05, 0) is 37.7 Å². The van der Waals surface area contributed by atoms with Gasteiger partial charge in [-0.25, -0.2) is 8.78 Å². The first-order chi connectivity index (χ1) is 16.1. The van der Waals surface area contributed by atoms with Crippen LogP contribution in [0.5, 0.6) is 5.88 Å². The van der Waals surface area contributed by atoms with E-state index in [4.69, 9.17) is 5.73 Å². The van der Waals surface area contributed by atoms with Gasteiger partial charge in [0.05, 0.1) is 5.56 Å². The predicted molar refractivity (Wildman–Crippen MR) is 126 cm³/mol. The number of fused-ring (bicyclic) bond motifs is 1. The fourth-order valence-electron chi connectivity index (χ4n) is 4.17. The number of aromatic nitrogens is 3.